The summed E-state index contributed by atoms with van der Waals surface area (Å²) in [6.45, 7) is 1.91. The van der Waals surface area contributed by atoms with Gasteiger partial charge in [-0.15, -0.1) is 0 Å². The Morgan fingerprint density at radius 2 is 1.94 bits per heavy atom. The lowest BCUT2D eigenvalue weighted by Crippen LogP contribution is -2.06. The van der Waals surface area contributed by atoms with Crippen molar-refractivity contribution >= 4 is 21.7 Å². The lowest BCUT2D eigenvalue weighted by atomic mass is 9.99. The molecule has 2 aromatic carbocycles. The van der Waals surface area contributed by atoms with Crippen molar-refractivity contribution in [3.8, 4) is 0 Å². The number of hydrogen-bond acceptors (Lipinski definition) is 1. The second-order valence-corrected chi connectivity index (χ2v) is 5.00. The minimum Gasteiger partial charge on any atom is -0.294 e. The van der Waals surface area contributed by atoms with Gasteiger partial charge in [-0.1, -0.05) is 46.3 Å². The van der Waals surface area contributed by atoms with Crippen molar-refractivity contribution in [2.24, 2.45) is 0 Å². The minimum atomic E-state index is -0.311. The number of hydrogen-bond donors (Lipinski definition) is 0. The van der Waals surface area contributed by atoms with Crippen molar-refractivity contribution in [2.45, 2.75) is 13.3 Å². The van der Waals surface area contributed by atoms with Gasteiger partial charge < -0.3 is 0 Å². The molecule has 0 saturated heterocycles. The average Bonchev–Trinajstić information content (AvgIpc) is 2.33. The van der Waals surface area contributed by atoms with Crippen LogP contribution in [0.25, 0.3) is 0 Å². The first kappa shape index (κ1) is 13.0. The fourth-order valence-electron chi connectivity index (χ4n) is 1.82. The fraction of sp³-hybridized carbons (Fsp3) is 0.133. The van der Waals surface area contributed by atoms with Crippen LogP contribution in [-0.2, 0) is 6.42 Å². The molecule has 2 aromatic rings. The van der Waals surface area contributed by atoms with Gasteiger partial charge in [0.25, 0.3) is 0 Å². The SMILES string of the molecule is Cc1ccccc1C(=O)Cc1ccc(F)cc1Br. The Kier molecular flexibility index (Phi) is 3.92. The van der Waals surface area contributed by atoms with Gasteiger partial charge >= 0.3 is 0 Å². The molecule has 2 rings (SSSR count). The van der Waals surface area contributed by atoms with Gasteiger partial charge in [-0.05, 0) is 30.2 Å². The zero-order valence-electron chi connectivity index (χ0n) is 9.91. The zero-order chi connectivity index (χ0) is 13.1. The standard InChI is InChI=1S/C15H12BrFO/c1-10-4-2-3-5-13(10)15(18)8-11-6-7-12(17)9-14(11)16/h2-7,9H,8H2,1H3. The van der Waals surface area contributed by atoms with Crippen molar-refractivity contribution in [2.75, 3.05) is 0 Å². The van der Waals surface area contributed by atoms with E-state index < -0.39 is 0 Å². The number of benzene rings is 2. The third kappa shape index (κ3) is 2.85. The fourth-order valence-corrected chi connectivity index (χ4v) is 2.31. The molecule has 0 aromatic heterocycles. The highest BCUT2D eigenvalue weighted by molar-refractivity contribution is 9.10. The van der Waals surface area contributed by atoms with Gasteiger partial charge in [-0.2, -0.15) is 0 Å². The van der Waals surface area contributed by atoms with Crippen molar-refractivity contribution in [3.05, 3.63) is 69.4 Å². The van der Waals surface area contributed by atoms with Crippen LogP contribution >= 0.6 is 15.9 Å². The summed E-state index contributed by atoms with van der Waals surface area (Å²) in [5.41, 5.74) is 2.47. The molecule has 0 spiro atoms. The Morgan fingerprint density at radius 1 is 1.22 bits per heavy atom. The molecule has 0 heterocycles. The maximum absolute atomic E-state index is 13.0. The third-order valence-electron chi connectivity index (χ3n) is 2.81. The number of rotatable bonds is 3. The molecule has 18 heavy (non-hydrogen) atoms. The van der Waals surface area contributed by atoms with E-state index in [1.54, 1.807) is 6.07 Å². The zero-order valence-corrected chi connectivity index (χ0v) is 11.5. The Morgan fingerprint density at radius 3 is 2.61 bits per heavy atom. The molecule has 0 aliphatic rings. The Hall–Kier alpha value is -1.48. The third-order valence-corrected chi connectivity index (χ3v) is 3.55. The predicted molar refractivity (Wildman–Crippen MR) is 73.3 cm³/mol. The molecule has 3 heteroatoms. The molecular formula is C15H12BrFO. The quantitative estimate of drug-likeness (QED) is 0.772. The Bertz CT molecular complexity index is 593. The molecule has 0 aliphatic carbocycles. The number of aryl methyl sites for hydroxylation is 1. The molecule has 0 amide bonds. The van der Waals surface area contributed by atoms with Gasteiger partial charge in [0.15, 0.2) is 5.78 Å². The summed E-state index contributed by atoms with van der Waals surface area (Å²) < 4.78 is 13.6. The van der Waals surface area contributed by atoms with Gasteiger partial charge in [0, 0.05) is 16.5 Å². The summed E-state index contributed by atoms with van der Waals surface area (Å²) in [6, 6.07) is 11.9. The average molecular weight is 307 g/mol. The summed E-state index contributed by atoms with van der Waals surface area (Å²) in [4.78, 5) is 12.2. The molecule has 0 aliphatic heterocycles. The van der Waals surface area contributed by atoms with Crippen molar-refractivity contribution < 1.29 is 9.18 Å². The summed E-state index contributed by atoms with van der Waals surface area (Å²) in [6.07, 6.45) is 0.270. The van der Waals surface area contributed by atoms with Crippen molar-refractivity contribution in [1.29, 1.82) is 0 Å². The lowest BCUT2D eigenvalue weighted by molar-refractivity contribution is 0.0992. The first-order valence-electron chi connectivity index (χ1n) is 5.60. The molecule has 0 fully saturated rings. The van der Waals surface area contributed by atoms with Crippen LogP contribution in [-0.4, -0.2) is 5.78 Å². The second kappa shape index (κ2) is 5.44. The maximum Gasteiger partial charge on any atom is 0.167 e. The number of carbonyl (C=O) groups excluding carboxylic acids is 1. The van der Waals surface area contributed by atoms with E-state index in [0.717, 1.165) is 11.1 Å². The smallest absolute Gasteiger partial charge is 0.167 e. The molecule has 0 radical (unpaired) electrons. The summed E-state index contributed by atoms with van der Waals surface area (Å²) >= 11 is 3.27. The lowest BCUT2D eigenvalue weighted by Gasteiger charge is -2.06. The highest BCUT2D eigenvalue weighted by Crippen LogP contribution is 2.20. The number of halogens is 2. The molecule has 92 valence electrons. The van der Waals surface area contributed by atoms with E-state index in [2.05, 4.69) is 15.9 Å². The van der Waals surface area contributed by atoms with Crippen LogP contribution in [0.5, 0.6) is 0 Å². The van der Waals surface area contributed by atoms with Crippen LogP contribution in [0.1, 0.15) is 21.5 Å². The van der Waals surface area contributed by atoms with E-state index in [9.17, 15) is 9.18 Å². The first-order valence-corrected chi connectivity index (χ1v) is 6.40. The monoisotopic (exact) mass is 306 g/mol. The van der Waals surface area contributed by atoms with E-state index in [1.165, 1.54) is 12.1 Å². The largest absolute Gasteiger partial charge is 0.294 e. The van der Waals surface area contributed by atoms with Gasteiger partial charge in [-0.3, -0.25) is 4.79 Å². The number of carbonyl (C=O) groups is 1. The van der Waals surface area contributed by atoms with Crippen LogP contribution in [0.3, 0.4) is 0 Å². The van der Waals surface area contributed by atoms with E-state index in [-0.39, 0.29) is 18.0 Å². The van der Waals surface area contributed by atoms with Crippen molar-refractivity contribution in [1.82, 2.24) is 0 Å². The maximum atomic E-state index is 13.0. The van der Waals surface area contributed by atoms with Crippen LogP contribution in [0.2, 0.25) is 0 Å². The summed E-state index contributed by atoms with van der Waals surface area (Å²) in [5.74, 6) is -0.269. The highest BCUT2D eigenvalue weighted by Gasteiger charge is 2.11. The van der Waals surface area contributed by atoms with E-state index in [0.29, 0.717) is 10.0 Å². The van der Waals surface area contributed by atoms with Crippen LogP contribution in [0.15, 0.2) is 46.9 Å². The van der Waals surface area contributed by atoms with Crippen LogP contribution < -0.4 is 0 Å². The molecule has 0 bridgehead atoms. The van der Waals surface area contributed by atoms with Gasteiger partial charge in [0.2, 0.25) is 0 Å². The topological polar surface area (TPSA) is 17.1 Å². The summed E-state index contributed by atoms with van der Waals surface area (Å²) in [7, 11) is 0. The second-order valence-electron chi connectivity index (χ2n) is 4.15. The Labute approximate surface area is 114 Å². The highest BCUT2D eigenvalue weighted by atomic mass is 79.9. The van der Waals surface area contributed by atoms with E-state index >= 15 is 0 Å². The summed E-state index contributed by atoms with van der Waals surface area (Å²) in [5, 5.41) is 0. The first-order chi connectivity index (χ1) is 8.58. The molecule has 0 atom stereocenters. The van der Waals surface area contributed by atoms with Crippen molar-refractivity contribution in [3.63, 3.8) is 0 Å². The number of ketones is 1. The van der Waals surface area contributed by atoms with Gasteiger partial charge in [-0.25, -0.2) is 4.39 Å². The molecular weight excluding hydrogens is 295 g/mol. The van der Waals surface area contributed by atoms with Crippen LogP contribution in [0, 0.1) is 12.7 Å². The van der Waals surface area contributed by atoms with E-state index in [1.807, 2.05) is 31.2 Å². The molecule has 0 saturated carbocycles. The normalized spacial score (nSPS) is 10.4. The van der Waals surface area contributed by atoms with E-state index in [4.69, 9.17) is 0 Å². The predicted octanol–water partition coefficient (Wildman–Crippen LogP) is 4.32. The molecule has 1 nitrogen and oxygen atoms in total. The molecule has 0 unspecified atom stereocenters. The number of Topliss-reactive ketones (excluding diaryl/α,β-unsaturated/α-hetero) is 1. The van der Waals surface area contributed by atoms with Gasteiger partial charge in [0.05, 0.1) is 0 Å². The minimum absolute atomic E-state index is 0.0420. The molecule has 0 N–H and O–H groups in total. The van der Waals surface area contributed by atoms with Crippen LogP contribution in [0.4, 0.5) is 4.39 Å². The van der Waals surface area contributed by atoms with Gasteiger partial charge in [0.1, 0.15) is 5.82 Å². The Balaban J connectivity index is 2.24.